The normalized spacial score (nSPS) is 11.6. The molecule has 2 aromatic heterocycles. The van der Waals surface area contributed by atoms with Gasteiger partial charge in [-0.2, -0.15) is 0 Å². The first-order valence-corrected chi connectivity index (χ1v) is 10.00. The SMILES string of the molecule is COC(=O)c1cc(CSc2nnc(-c3ccc(C(C)(C)C)cc3)n2C)oc1C. The second-order valence-corrected chi connectivity index (χ2v) is 8.60. The number of rotatable bonds is 5. The average Bonchev–Trinajstić information content (AvgIpc) is 3.21. The quantitative estimate of drug-likeness (QED) is 0.455. The van der Waals surface area contributed by atoms with Gasteiger partial charge in [-0.15, -0.1) is 10.2 Å². The van der Waals surface area contributed by atoms with Crippen LogP contribution in [0.3, 0.4) is 0 Å². The lowest BCUT2D eigenvalue weighted by Crippen LogP contribution is -2.10. The van der Waals surface area contributed by atoms with Crippen LogP contribution in [0.2, 0.25) is 0 Å². The van der Waals surface area contributed by atoms with Crippen molar-refractivity contribution in [3.8, 4) is 11.4 Å². The minimum Gasteiger partial charge on any atom is -0.465 e. The third-order valence-electron chi connectivity index (χ3n) is 4.56. The lowest BCUT2D eigenvalue weighted by atomic mass is 9.87. The Hall–Kier alpha value is -2.54. The molecule has 0 spiro atoms. The molecule has 7 heteroatoms. The van der Waals surface area contributed by atoms with Crippen LogP contribution in [-0.4, -0.2) is 27.8 Å². The minimum absolute atomic E-state index is 0.115. The molecule has 0 saturated heterocycles. The van der Waals surface area contributed by atoms with E-state index in [1.165, 1.54) is 24.4 Å². The van der Waals surface area contributed by atoms with E-state index in [-0.39, 0.29) is 5.41 Å². The van der Waals surface area contributed by atoms with Crippen molar-refractivity contribution in [1.82, 2.24) is 14.8 Å². The number of ether oxygens (including phenoxy) is 1. The highest BCUT2D eigenvalue weighted by Gasteiger charge is 2.18. The van der Waals surface area contributed by atoms with Gasteiger partial charge in [0, 0.05) is 12.6 Å². The molecular formula is C21H25N3O3S. The lowest BCUT2D eigenvalue weighted by molar-refractivity contribution is 0.0599. The Morgan fingerprint density at radius 3 is 2.50 bits per heavy atom. The van der Waals surface area contributed by atoms with E-state index in [4.69, 9.17) is 9.15 Å². The van der Waals surface area contributed by atoms with Crippen molar-refractivity contribution in [3.05, 3.63) is 53.0 Å². The Labute approximate surface area is 169 Å². The summed E-state index contributed by atoms with van der Waals surface area (Å²) in [7, 11) is 3.31. The number of nitrogens with zero attached hydrogens (tertiary/aromatic N) is 3. The number of methoxy groups -OCH3 is 1. The highest BCUT2D eigenvalue weighted by Crippen LogP contribution is 2.29. The van der Waals surface area contributed by atoms with Gasteiger partial charge in [-0.3, -0.25) is 0 Å². The van der Waals surface area contributed by atoms with Crippen molar-refractivity contribution < 1.29 is 13.9 Å². The van der Waals surface area contributed by atoms with Gasteiger partial charge in [0.25, 0.3) is 0 Å². The predicted molar refractivity (Wildman–Crippen MR) is 109 cm³/mol. The third-order valence-corrected chi connectivity index (χ3v) is 5.60. The van der Waals surface area contributed by atoms with Gasteiger partial charge in [0.05, 0.1) is 12.9 Å². The summed E-state index contributed by atoms with van der Waals surface area (Å²) >= 11 is 1.51. The van der Waals surface area contributed by atoms with Crippen molar-refractivity contribution >= 4 is 17.7 Å². The fraction of sp³-hybridized carbons (Fsp3) is 0.381. The molecule has 6 nitrogen and oxygen atoms in total. The van der Waals surface area contributed by atoms with E-state index in [1.807, 2.05) is 11.6 Å². The summed E-state index contributed by atoms with van der Waals surface area (Å²) in [5.74, 6) is 2.22. The van der Waals surface area contributed by atoms with Crippen molar-refractivity contribution in [1.29, 1.82) is 0 Å². The van der Waals surface area contributed by atoms with Gasteiger partial charge in [-0.25, -0.2) is 4.79 Å². The summed E-state index contributed by atoms with van der Waals surface area (Å²) in [6.45, 7) is 8.34. The number of esters is 1. The smallest absolute Gasteiger partial charge is 0.341 e. The number of benzene rings is 1. The van der Waals surface area contributed by atoms with Crippen LogP contribution in [0.4, 0.5) is 0 Å². The number of carbonyl (C=O) groups is 1. The Morgan fingerprint density at radius 1 is 1.21 bits per heavy atom. The number of aryl methyl sites for hydroxylation is 1. The summed E-state index contributed by atoms with van der Waals surface area (Å²) in [5.41, 5.74) is 2.87. The largest absolute Gasteiger partial charge is 0.465 e. The van der Waals surface area contributed by atoms with Crippen molar-refractivity contribution in [2.45, 2.75) is 44.0 Å². The molecule has 0 saturated carbocycles. The molecule has 0 bridgehead atoms. The standard InChI is InChI=1S/C21H25N3O3S/c1-13-17(19(25)26-6)11-16(27-13)12-28-20-23-22-18(24(20)5)14-7-9-15(10-8-14)21(2,3)4/h7-11H,12H2,1-6H3. The molecule has 0 amide bonds. The number of furan rings is 1. The van der Waals surface area contributed by atoms with E-state index in [1.54, 1.807) is 13.0 Å². The molecule has 1 aromatic carbocycles. The van der Waals surface area contributed by atoms with E-state index in [0.29, 0.717) is 22.8 Å². The first-order chi connectivity index (χ1) is 13.2. The van der Waals surface area contributed by atoms with Gasteiger partial charge in [-0.1, -0.05) is 56.8 Å². The molecule has 0 aliphatic carbocycles. The minimum atomic E-state index is -0.392. The Morgan fingerprint density at radius 2 is 1.89 bits per heavy atom. The Kier molecular flexibility index (Phi) is 5.65. The van der Waals surface area contributed by atoms with Crippen LogP contribution >= 0.6 is 11.8 Å². The van der Waals surface area contributed by atoms with Crippen molar-refractivity contribution in [2.75, 3.05) is 7.11 Å². The Bertz CT molecular complexity index is 981. The Balaban J connectivity index is 1.74. The molecule has 0 atom stereocenters. The number of carbonyl (C=O) groups excluding carboxylic acids is 1. The van der Waals surface area contributed by atoms with E-state index >= 15 is 0 Å². The molecular weight excluding hydrogens is 374 g/mol. The number of hydrogen-bond donors (Lipinski definition) is 0. The molecule has 0 radical (unpaired) electrons. The average molecular weight is 400 g/mol. The maximum absolute atomic E-state index is 11.7. The first kappa shape index (κ1) is 20.2. The highest BCUT2D eigenvalue weighted by molar-refractivity contribution is 7.98. The number of aromatic nitrogens is 3. The van der Waals surface area contributed by atoms with Gasteiger partial charge in [0.15, 0.2) is 11.0 Å². The van der Waals surface area contributed by atoms with Gasteiger partial charge in [0.2, 0.25) is 0 Å². The van der Waals surface area contributed by atoms with E-state index < -0.39 is 5.97 Å². The van der Waals surface area contributed by atoms with Gasteiger partial charge in [0.1, 0.15) is 17.1 Å². The monoisotopic (exact) mass is 399 g/mol. The fourth-order valence-corrected chi connectivity index (χ4v) is 3.67. The highest BCUT2D eigenvalue weighted by atomic mass is 32.2. The summed E-state index contributed by atoms with van der Waals surface area (Å²) in [6.07, 6.45) is 0. The zero-order valence-electron chi connectivity index (χ0n) is 17.1. The molecule has 2 heterocycles. The number of thioether (sulfide) groups is 1. The molecule has 0 unspecified atom stereocenters. The van der Waals surface area contributed by atoms with Crippen LogP contribution in [-0.2, 0) is 23.0 Å². The van der Waals surface area contributed by atoms with E-state index in [0.717, 1.165) is 16.5 Å². The maximum atomic E-state index is 11.7. The van der Waals surface area contributed by atoms with Gasteiger partial charge >= 0.3 is 5.97 Å². The van der Waals surface area contributed by atoms with Gasteiger partial charge < -0.3 is 13.7 Å². The summed E-state index contributed by atoms with van der Waals surface area (Å²) in [6, 6.07) is 10.2. The molecule has 0 N–H and O–H groups in total. The number of hydrogen-bond acceptors (Lipinski definition) is 6. The maximum Gasteiger partial charge on any atom is 0.341 e. The predicted octanol–water partition coefficient (Wildman–Crippen LogP) is 4.76. The molecule has 0 fully saturated rings. The molecule has 3 aromatic rings. The van der Waals surface area contributed by atoms with Crippen molar-refractivity contribution in [2.24, 2.45) is 7.05 Å². The lowest BCUT2D eigenvalue weighted by Gasteiger charge is -2.19. The molecule has 148 valence electrons. The van der Waals surface area contributed by atoms with Crippen molar-refractivity contribution in [3.63, 3.8) is 0 Å². The second-order valence-electron chi connectivity index (χ2n) is 7.66. The summed E-state index contributed by atoms with van der Waals surface area (Å²) in [5, 5.41) is 9.42. The summed E-state index contributed by atoms with van der Waals surface area (Å²) in [4.78, 5) is 11.7. The van der Waals surface area contributed by atoms with E-state index in [9.17, 15) is 4.79 Å². The third kappa shape index (κ3) is 4.14. The summed E-state index contributed by atoms with van der Waals surface area (Å²) < 4.78 is 12.4. The van der Waals surface area contributed by atoms with Crippen LogP contribution in [0.15, 0.2) is 39.9 Å². The molecule has 3 rings (SSSR count). The zero-order chi connectivity index (χ0) is 20.5. The topological polar surface area (TPSA) is 70.2 Å². The molecule has 0 aliphatic heterocycles. The van der Waals surface area contributed by atoms with Crippen LogP contribution < -0.4 is 0 Å². The van der Waals surface area contributed by atoms with Crippen LogP contribution in [0.25, 0.3) is 11.4 Å². The van der Waals surface area contributed by atoms with Crippen LogP contribution in [0, 0.1) is 6.92 Å². The molecule has 0 aliphatic rings. The van der Waals surface area contributed by atoms with E-state index in [2.05, 4.69) is 55.2 Å². The van der Waals surface area contributed by atoms with Crippen LogP contribution in [0.1, 0.15) is 48.2 Å². The first-order valence-electron chi connectivity index (χ1n) is 9.01. The molecule has 28 heavy (non-hydrogen) atoms. The van der Waals surface area contributed by atoms with Crippen LogP contribution in [0.5, 0.6) is 0 Å². The fourth-order valence-electron chi connectivity index (χ4n) is 2.87. The second kappa shape index (κ2) is 7.83. The van der Waals surface area contributed by atoms with Gasteiger partial charge in [-0.05, 0) is 24.0 Å². The zero-order valence-corrected chi connectivity index (χ0v) is 17.9.